The largest absolute Gasteiger partial charge is 0.275 e. The third-order valence-electron chi connectivity index (χ3n) is 1.45. The quantitative estimate of drug-likeness (QED) is 0.536. The van der Waals surface area contributed by atoms with Crippen LogP contribution in [0.3, 0.4) is 0 Å². The minimum atomic E-state index is -0.0971. The van der Waals surface area contributed by atoms with Gasteiger partial charge < -0.3 is 0 Å². The van der Waals surface area contributed by atoms with Crippen molar-refractivity contribution in [3.05, 3.63) is 18.0 Å². The summed E-state index contributed by atoms with van der Waals surface area (Å²) in [5.41, 5.74) is 3.24. The molecule has 0 bridgehead atoms. The highest BCUT2D eigenvalue weighted by atomic mass is 16.2. The van der Waals surface area contributed by atoms with E-state index < -0.39 is 0 Å². The molecule has 1 aromatic heterocycles. The number of hydrazone groups is 1. The van der Waals surface area contributed by atoms with Gasteiger partial charge in [-0.2, -0.15) is 10.2 Å². The third-order valence-corrected chi connectivity index (χ3v) is 1.45. The van der Waals surface area contributed by atoms with Crippen molar-refractivity contribution >= 4 is 12.1 Å². The van der Waals surface area contributed by atoms with E-state index in [0.717, 1.165) is 5.56 Å². The first-order chi connectivity index (χ1) is 6.22. The van der Waals surface area contributed by atoms with E-state index in [0.29, 0.717) is 6.42 Å². The van der Waals surface area contributed by atoms with E-state index in [1.807, 2.05) is 13.2 Å². The van der Waals surface area contributed by atoms with Crippen LogP contribution in [0.5, 0.6) is 0 Å². The number of nitrogens with zero attached hydrogens (tertiary/aromatic N) is 3. The summed E-state index contributed by atoms with van der Waals surface area (Å²) in [4.78, 5) is 10.8. The second-order valence-electron chi connectivity index (χ2n) is 2.59. The van der Waals surface area contributed by atoms with Crippen molar-refractivity contribution < 1.29 is 4.79 Å². The number of carbonyl (C=O) groups excluding carboxylic acids is 1. The van der Waals surface area contributed by atoms with E-state index in [4.69, 9.17) is 0 Å². The molecule has 0 spiro atoms. The molecule has 0 radical (unpaired) electrons. The summed E-state index contributed by atoms with van der Waals surface area (Å²) in [5.74, 6) is -0.0971. The van der Waals surface area contributed by atoms with Gasteiger partial charge in [0.05, 0.1) is 12.4 Å². The molecule has 1 heterocycles. The van der Waals surface area contributed by atoms with E-state index in [1.165, 1.54) is 0 Å². The molecule has 5 nitrogen and oxygen atoms in total. The summed E-state index contributed by atoms with van der Waals surface area (Å²) in [6.07, 6.45) is 5.47. The Morgan fingerprint density at radius 2 is 2.62 bits per heavy atom. The minimum absolute atomic E-state index is 0.0971. The van der Waals surface area contributed by atoms with Gasteiger partial charge in [-0.25, -0.2) is 5.43 Å². The number of rotatable bonds is 3. The highest BCUT2D eigenvalue weighted by Crippen LogP contribution is 1.90. The molecule has 0 aliphatic heterocycles. The Hall–Kier alpha value is -1.65. The summed E-state index contributed by atoms with van der Waals surface area (Å²) in [5, 5.41) is 7.70. The molecule has 0 aliphatic carbocycles. The van der Waals surface area contributed by atoms with Gasteiger partial charge in [0.15, 0.2) is 0 Å². The molecular weight excluding hydrogens is 168 g/mol. The lowest BCUT2D eigenvalue weighted by atomic mass is 10.4. The summed E-state index contributed by atoms with van der Waals surface area (Å²) in [7, 11) is 1.82. The number of aryl methyl sites for hydroxylation is 1. The van der Waals surface area contributed by atoms with Crippen LogP contribution in [0.2, 0.25) is 0 Å². The maximum Gasteiger partial charge on any atom is 0.239 e. The molecule has 5 heteroatoms. The fourth-order valence-corrected chi connectivity index (χ4v) is 0.765. The standard InChI is InChI=1S/C8H12N4O/c1-3-8(13)11-9-4-7-5-10-12(2)6-7/h4-6H,3H2,1-2H3,(H,11,13)/b9-4+. The predicted octanol–water partition coefficient (Wildman–Crippen LogP) is 0.280. The monoisotopic (exact) mass is 180 g/mol. The molecule has 0 aliphatic rings. The maximum absolute atomic E-state index is 10.8. The van der Waals surface area contributed by atoms with E-state index in [1.54, 1.807) is 24.0 Å². The molecule has 0 aromatic carbocycles. The van der Waals surface area contributed by atoms with Gasteiger partial charge in [-0.05, 0) is 0 Å². The van der Waals surface area contributed by atoms with Crippen LogP contribution < -0.4 is 5.43 Å². The number of aromatic nitrogens is 2. The van der Waals surface area contributed by atoms with Crippen LogP contribution in [-0.2, 0) is 11.8 Å². The molecule has 1 N–H and O–H groups in total. The maximum atomic E-state index is 10.8. The van der Waals surface area contributed by atoms with E-state index in [-0.39, 0.29) is 5.91 Å². The van der Waals surface area contributed by atoms with Gasteiger partial charge in [0, 0.05) is 25.2 Å². The Kier molecular flexibility index (Phi) is 3.19. The Labute approximate surface area is 76.4 Å². The molecule has 1 rings (SSSR count). The molecule has 1 amide bonds. The van der Waals surface area contributed by atoms with Crippen molar-refractivity contribution in [2.24, 2.45) is 12.1 Å². The zero-order valence-corrected chi connectivity index (χ0v) is 7.69. The van der Waals surface area contributed by atoms with Crippen LogP contribution in [-0.4, -0.2) is 21.9 Å². The van der Waals surface area contributed by atoms with Crippen molar-refractivity contribution in [1.29, 1.82) is 0 Å². The lowest BCUT2D eigenvalue weighted by Gasteiger charge is -1.91. The van der Waals surface area contributed by atoms with E-state index in [9.17, 15) is 4.79 Å². The Morgan fingerprint density at radius 3 is 3.15 bits per heavy atom. The number of carbonyl (C=O) groups is 1. The summed E-state index contributed by atoms with van der Waals surface area (Å²) < 4.78 is 1.67. The lowest BCUT2D eigenvalue weighted by Crippen LogP contribution is -2.15. The Morgan fingerprint density at radius 1 is 1.85 bits per heavy atom. The lowest BCUT2D eigenvalue weighted by molar-refractivity contribution is -0.120. The molecule has 0 atom stereocenters. The Balaban J connectivity index is 2.45. The molecule has 70 valence electrons. The zero-order valence-electron chi connectivity index (χ0n) is 7.69. The second kappa shape index (κ2) is 4.39. The molecule has 0 fully saturated rings. The molecule has 0 unspecified atom stereocenters. The SMILES string of the molecule is CCC(=O)N/N=C/c1cnn(C)c1. The van der Waals surface area contributed by atoms with Crippen LogP contribution >= 0.6 is 0 Å². The normalized spacial score (nSPS) is 10.6. The third kappa shape index (κ3) is 3.06. The highest BCUT2D eigenvalue weighted by molar-refractivity contribution is 5.81. The van der Waals surface area contributed by atoms with Gasteiger partial charge in [-0.3, -0.25) is 9.48 Å². The summed E-state index contributed by atoms with van der Waals surface area (Å²) >= 11 is 0. The highest BCUT2D eigenvalue weighted by Gasteiger charge is 1.92. The average molecular weight is 180 g/mol. The van der Waals surface area contributed by atoms with Crippen molar-refractivity contribution in [1.82, 2.24) is 15.2 Å². The summed E-state index contributed by atoms with van der Waals surface area (Å²) in [6, 6.07) is 0. The predicted molar refractivity (Wildman–Crippen MR) is 49.2 cm³/mol. The van der Waals surface area contributed by atoms with Crippen molar-refractivity contribution in [2.45, 2.75) is 13.3 Å². The van der Waals surface area contributed by atoms with Gasteiger partial charge >= 0.3 is 0 Å². The van der Waals surface area contributed by atoms with Crippen LogP contribution in [0.25, 0.3) is 0 Å². The van der Waals surface area contributed by atoms with Gasteiger partial charge in [0.25, 0.3) is 0 Å². The smallest absolute Gasteiger partial charge is 0.239 e. The number of amides is 1. The van der Waals surface area contributed by atoms with Gasteiger partial charge in [0.1, 0.15) is 0 Å². The fourth-order valence-electron chi connectivity index (χ4n) is 0.765. The molecule has 0 saturated heterocycles. The van der Waals surface area contributed by atoms with Crippen LogP contribution in [0, 0.1) is 0 Å². The van der Waals surface area contributed by atoms with Crippen LogP contribution in [0.4, 0.5) is 0 Å². The van der Waals surface area contributed by atoms with Crippen molar-refractivity contribution in [3.63, 3.8) is 0 Å². The summed E-state index contributed by atoms with van der Waals surface area (Å²) in [6.45, 7) is 1.77. The van der Waals surface area contributed by atoms with Gasteiger partial charge in [0.2, 0.25) is 5.91 Å². The van der Waals surface area contributed by atoms with Crippen molar-refractivity contribution in [3.8, 4) is 0 Å². The molecule has 0 saturated carbocycles. The average Bonchev–Trinajstić information content (AvgIpc) is 2.51. The fraction of sp³-hybridized carbons (Fsp3) is 0.375. The van der Waals surface area contributed by atoms with Crippen molar-refractivity contribution in [2.75, 3.05) is 0 Å². The van der Waals surface area contributed by atoms with Gasteiger partial charge in [-0.1, -0.05) is 6.92 Å². The first-order valence-corrected chi connectivity index (χ1v) is 4.03. The topological polar surface area (TPSA) is 59.3 Å². The minimum Gasteiger partial charge on any atom is -0.275 e. The second-order valence-corrected chi connectivity index (χ2v) is 2.59. The van der Waals surface area contributed by atoms with E-state index in [2.05, 4.69) is 15.6 Å². The van der Waals surface area contributed by atoms with E-state index >= 15 is 0 Å². The number of nitrogens with one attached hydrogen (secondary N) is 1. The number of hydrogen-bond donors (Lipinski definition) is 1. The molecule has 1 aromatic rings. The zero-order chi connectivity index (χ0) is 9.68. The number of hydrogen-bond acceptors (Lipinski definition) is 3. The van der Waals surface area contributed by atoms with Crippen LogP contribution in [0.15, 0.2) is 17.5 Å². The van der Waals surface area contributed by atoms with Gasteiger partial charge in [-0.15, -0.1) is 0 Å². The Bertz CT molecular complexity index is 316. The van der Waals surface area contributed by atoms with Crippen LogP contribution in [0.1, 0.15) is 18.9 Å². The molecular formula is C8H12N4O. The first-order valence-electron chi connectivity index (χ1n) is 4.03. The molecule has 13 heavy (non-hydrogen) atoms. The first kappa shape index (κ1) is 9.44.